The van der Waals surface area contributed by atoms with Crippen LogP contribution in [0.2, 0.25) is 0 Å². The van der Waals surface area contributed by atoms with Crippen molar-refractivity contribution >= 4 is 11.6 Å². The molecule has 0 amide bonds. The molecular weight excluding hydrogens is 264 g/mol. The molecule has 5 nitrogen and oxygen atoms in total. The molecule has 1 saturated heterocycles. The molecule has 0 N–H and O–H groups in total. The van der Waals surface area contributed by atoms with Gasteiger partial charge in [-0.3, -0.25) is 4.79 Å². The van der Waals surface area contributed by atoms with E-state index in [0.29, 0.717) is 11.4 Å². The number of hydrogen-bond donors (Lipinski definition) is 0. The molecule has 5 heteroatoms. The van der Waals surface area contributed by atoms with Gasteiger partial charge in [0.25, 0.3) is 0 Å². The summed E-state index contributed by atoms with van der Waals surface area (Å²) < 4.78 is 0. The van der Waals surface area contributed by atoms with Gasteiger partial charge < -0.3 is 4.90 Å². The summed E-state index contributed by atoms with van der Waals surface area (Å²) in [6.07, 6.45) is 4.42. The summed E-state index contributed by atoms with van der Waals surface area (Å²) in [4.78, 5) is 13.9. The van der Waals surface area contributed by atoms with Crippen LogP contribution in [0.3, 0.4) is 0 Å². The molecule has 1 unspecified atom stereocenters. The van der Waals surface area contributed by atoms with Crippen LogP contribution >= 0.6 is 0 Å². The van der Waals surface area contributed by atoms with Crippen LogP contribution in [0.4, 0.5) is 5.82 Å². The standard InChI is InChI=1S/C16H22N4O/c1-4-12-13(10-17)16(19-18-14(12)5-2)20-9-7-6-8-15(20)11(3)21/h15H,4-9H2,1-3H3. The quantitative estimate of drug-likeness (QED) is 0.850. The van der Waals surface area contributed by atoms with Crippen molar-refractivity contribution in [1.82, 2.24) is 10.2 Å². The molecule has 2 heterocycles. The van der Waals surface area contributed by atoms with E-state index < -0.39 is 0 Å². The van der Waals surface area contributed by atoms with Gasteiger partial charge in [-0.15, -0.1) is 5.10 Å². The van der Waals surface area contributed by atoms with Crippen LogP contribution in [-0.4, -0.2) is 28.6 Å². The van der Waals surface area contributed by atoms with E-state index in [4.69, 9.17) is 0 Å². The molecule has 21 heavy (non-hydrogen) atoms. The Morgan fingerprint density at radius 1 is 1.33 bits per heavy atom. The maximum Gasteiger partial charge on any atom is 0.170 e. The molecule has 0 aromatic carbocycles. The van der Waals surface area contributed by atoms with Crippen molar-refractivity contribution in [3.8, 4) is 6.07 Å². The fourth-order valence-electron chi connectivity index (χ4n) is 3.09. The predicted octanol–water partition coefficient (Wildman–Crippen LogP) is 2.42. The lowest BCUT2D eigenvalue weighted by Crippen LogP contribution is -2.45. The summed E-state index contributed by atoms with van der Waals surface area (Å²) in [7, 11) is 0. The van der Waals surface area contributed by atoms with E-state index in [1.54, 1.807) is 6.92 Å². The Balaban J connectivity index is 2.52. The average Bonchev–Trinajstić information content (AvgIpc) is 2.53. The highest BCUT2D eigenvalue weighted by Gasteiger charge is 2.30. The second-order valence-corrected chi connectivity index (χ2v) is 5.46. The average molecular weight is 286 g/mol. The van der Waals surface area contributed by atoms with Crippen molar-refractivity contribution in [1.29, 1.82) is 5.26 Å². The summed E-state index contributed by atoms with van der Waals surface area (Å²) in [5.74, 6) is 0.726. The smallest absolute Gasteiger partial charge is 0.170 e. The third-order valence-corrected chi connectivity index (χ3v) is 4.18. The minimum atomic E-state index is -0.169. The van der Waals surface area contributed by atoms with Crippen molar-refractivity contribution < 1.29 is 4.79 Å². The second-order valence-electron chi connectivity index (χ2n) is 5.46. The monoisotopic (exact) mass is 286 g/mol. The summed E-state index contributed by atoms with van der Waals surface area (Å²) in [5.41, 5.74) is 2.45. The lowest BCUT2D eigenvalue weighted by atomic mass is 9.97. The van der Waals surface area contributed by atoms with Gasteiger partial charge in [0.2, 0.25) is 0 Å². The minimum Gasteiger partial charge on any atom is -0.344 e. The van der Waals surface area contributed by atoms with Crippen LogP contribution in [0, 0.1) is 11.3 Å². The number of ketones is 1. The van der Waals surface area contributed by atoms with E-state index >= 15 is 0 Å². The Morgan fingerprint density at radius 2 is 2.10 bits per heavy atom. The topological polar surface area (TPSA) is 69.9 Å². The molecule has 1 aromatic rings. The zero-order valence-corrected chi connectivity index (χ0v) is 13.0. The molecule has 2 rings (SSSR count). The van der Waals surface area contributed by atoms with Gasteiger partial charge in [-0.1, -0.05) is 13.8 Å². The summed E-state index contributed by atoms with van der Waals surface area (Å²) in [5, 5.41) is 18.2. The van der Waals surface area contributed by atoms with Crippen LogP contribution in [-0.2, 0) is 17.6 Å². The van der Waals surface area contributed by atoms with Crippen molar-refractivity contribution in [3.05, 3.63) is 16.8 Å². The van der Waals surface area contributed by atoms with Gasteiger partial charge in [0.1, 0.15) is 11.6 Å². The molecule has 112 valence electrons. The number of Topliss-reactive ketones (excluding diaryl/α,β-unsaturated/α-hetero) is 1. The van der Waals surface area contributed by atoms with Gasteiger partial charge in [0.05, 0.1) is 11.7 Å². The number of hydrogen-bond acceptors (Lipinski definition) is 5. The molecule has 1 atom stereocenters. The van der Waals surface area contributed by atoms with Crippen LogP contribution in [0.5, 0.6) is 0 Å². The van der Waals surface area contributed by atoms with Crippen molar-refractivity contribution in [2.45, 2.75) is 58.9 Å². The van der Waals surface area contributed by atoms with Crippen LogP contribution < -0.4 is 4.90 Å². The van der Waals surface area contributed by atoms with Crippen molar-refractivity contribution in [2.75, 3.05) is 11.4 Å². The number of piperidine rings is 1. The van der Waals surface area contributed by atoms with E-state index in [1.165, 1.54) is 0 Å². The molecule has 0 radical (unpaired) electrons. The van der Waals surface area contributed by atoms with E-state index in [9.17, 15) is 10.1 Å². The van der Waals surface area contributed by atoms with Gasteiger partial charge in [-0.05, 0) is 44.6 Å². The zero-order valence-electron chi connectivity index (χ0n) is 13.0. The number of rotatable bonds is 4. The van der Waals surface area contributed by atoms with Gasteiger partial charge in [0.15, 0.2) is 11.6 Å². The first-order chi connectivity index (χ1) is 10.1. The van der Waals surface area contributed by atoms with E-state index in [-0.39, 0.29) is 11.8 Å². The maximum absolute atomic E-state index is 11.9. The molecule has 1 aliphatic heterocycles. The van der Waals surface area contributed by atoms with E-state index in [0.717, 1.165) is 49.9 Å². The number of nitrogens with zero attached hydrogens (tertiary/aromatic N) is 4. The van der Waals surface area contributed by atoms with Gasteiger partial charge in [-0.2, -0.15) is 10.4 Å². The van der Waals surface area contributed by atoms with Crippen LogP contribution in [0.15, 0.2) is 0 Å². The molecule has 0 bridgehead atoms. The Bertz CT molecular complexity index is 576. The fourth-order valence-corrected chi connectivity index (χ4v) is 3.09. The lowest BCUT2D eigenvalue weighted by molar-refractivity contribution is -0.118. The predicted molar refractivity (Wildman–Crippen MR) is 81.2 cm³/mol. The van der Waals surface area contributed by atoms with Gasteiger partial charge >= 0.3 is 0 Å². The highest BCUT2D eigenvalue weighted by Crippen LogP contribution is 2.29. The Morgan fingerprint density at radius 3 is 2.67 bits per heavy atom. The highest BCUT2D eigenvalue weighted by atomic mass is 16.1. The first-order valence-corrected chi connectivity index (χ1v) is 7.69. The fraction of sp³-hybridized carbons (Fsp3) is 0.625. The molecule has 1 aromatic heterocycles. The number of carbonyl (C=O) groups is 1. The van der Waals surface area contributed by atoms with Gasteiger partial charge in [-0.25, -0.2) is 0 Å². The minimum absolute atomic E-state index is 0.137. The largest absolute Gasteiger partial charge is 0.344 e. The Labute approximate surface area is 126 Å². The van der Waals surface area contributed by atoms with E-state index in [2.05, 4.69) is 16.3 Å². The highest BCUT2D eigenvalue weighted by molar-refractivity contribution is 5.85. The SMILES string of the molecule is CCc1nnc(N2CCCCC2C(C)=O)c(C#N)c1CC. The molecule has 0 spiro atoms. The number of aryl methyl sites for hydroxylation is 1. The summed E-state index contributed by atoms with van der Waals surface area (Å²) >= 11 is 0. The Kier molecular flexibility index (Phi) is 4.89. The van der Waals surface area contributed by atoms with Crippen molar-refractivity contribution in [2.24, 2.45) is 0 Å². The normalized spacial score (nSPS) is 18.4. The first-order valence-electron chi connectivity index (χ1n) is 7.69. The number of carbonyl (C=O) groups excluding carboxylic acids is 1. The number of nitriles is 1. The van der Waals surface area contributed by atoms with E-state index in [1.807, 2.05) is 18.7 Å². The van der Waals surface area contributed by atoms with Gasteiger partial charge in [0, 0.05) is 6.54 Å². The number of anilines is 1. The first kappa shape index (κ1) is 15.4. The Hall–Kier alpha value is -1.96. The zero-order chi connectivity index (χ0) is 15.4. The van der Waals surface area contributed by atoms with Crippen LogP contribution in [0.1, 0.15) is 56.9 Å². The third-order valence-electron chi connectivity index (χ3n) is 4.18. The number of aromatic nitrogens is 2. The summed E-state index contributed by atoms with van der Waals surface area (Å²) in [6.45, 7) is 6.43. The molecule has 1 fully saturated rings. The molecule has 0 saturated carbocycles. The molecular formula is C16H22N4O. The molecule has 1 aliphatic rings. The summed E-state index contributed by atoms with van der Waals surface area (Å²) in [6, 6.07) is 2.12. The maximum atomic E-state index is 11.9. The second kappa shape index (κ2) is 6.66. The van der Waals surface area contributed by atoms with Crippen LogP contribution in [0.25, 0.3) is 0 Å². The third kappa shape index (κ3) is 2.90. The molecule has 0 aliphatic carbocycles. The lowest BCUT2D eigenvalue weighted by Gasteiger charge is -2.35. The van der Waals surface area contributed by atoms with Crippen molar-refractivity contribution in [3.63, 3.8) is 0 Å².